The zero-order valence-electron chi connectivity index (χ0n) is 18.3. The third kappa shape index (κ3) is 9.08. The van der Waals surface area contributed by atoms with Crippen molar-refractivity contribution >= 4 is 26.0 Å². The predicted octanol–water partition coefficient (Wildman–Crippen LogP) is 7.75. The van der Waals surface area contributed by atoms with Crippen LogP contribution in [0.1, 0.15) is 73.1 Å². The van der Waals surface area contributed by atoms with Crippen molar-refractivity contribution in [1.82, 2.24) is 0 Å². The molecule has 3 nitrogen and oxygen atoms in total. The van der Waals surface area contributed by atoms with E-state index in [1.165, 1.54) is 66.1 Å². The molecule has 26 heavy (non-hydrogen) atoms. The molecule has 1 atom stereocenters. The molecule has 0 aromatic rings. The minimum atomic E-state index is -3.05. The number of rotatable bonds is 15. The van der Waals surface area contributed by atoms with Crippen LogP contribution in [0.5, 0.6) is 0 Å². The van der Waals surface area contributed by atoms with Crippen LogP contribution in [0.25, 0.3) is 0 Å². The molecule has 1 unspecified atom stereocenters. The second kappa shape index (κ2) is 14.4. The SMILES string of the molecule is CCC[CH2][Sn](/[CH]=C/C=C(\C)C(C)P(=O)(OC)OC)([CH2]CCC)[CH2]CCC. The van der Waals surface area contributed by atoms with E-state index in [0.29, 0.717) is 0 Å². The zero-order valence-corrected chi connectivity index (χ0v) is 22.1. The van der Waals surface area contributed by atoms with Gasteiger partial charge in [-0.1, -0.05) is 0 Å². The summed E-state index contributed by atoms with van der Waals surface area (Å²) in [4.78, 5) is 0. The number of hydrogen-bond acceptors (Lipinski definition) is 3. The molecule has 0 saturated heterocycles. The first-order valence-electron chi connectivity index (χ1n) is 10.4. The summed E-state index contributed by atoms with van der Waals surface area (Å²) in [5, 5.41) is 0. The number of allylic oxidation sites excluding steroid dienone is 3. The summed E-state index contributed by atoms with van der Waals surface area (Å²) in [5.74, 6) is 0. The van der Waals surface area contributed by atoms with Crippen LogP contribution < -0.4 is 0 Å². The quantitative estimate of drug-likeness (QED) is 0.133. The molecule has 0 aromatic heterocycles. The van der Waals surface area contributed by atoms with Crippen molar-refractivity contribution in [2.24, 2.45) is 0 Å². The fraction of sp³-hybridized carbons (Fsp3) is 0.810. The number of hydrogen-bond donors (Lipinski definition) is 0. The van der Waals surface area contributed by atoms with Crippen LogP contribution >= 0.6 is 7.60 Å². The second-order valence-corrected chi connectivity index (χ2v) is 23.1. The van der Waals surface area contributed by atoms with Gasteiger partial charge in [0.05, 0.1) is 0 Å². The Labute approximate surface area is 167 Å². The van der Waals surface area contributed by atoms with E-state index in [1.807, 2.05) is 13.8 Å². The average molecular weight is 493 g/mol. The fourth-order valence-corrected chi connectivity index (χ4v) is 18.8. The van der Waals surface area contributed by atoms with E-state index >= 15 is 0 Å². The Morgan fingerprint density at radius 3 is 1.73 bits per heavy atom. The molecule has 0 radical (unpaired) electrons. The van der Waals surface area contributed by atoms with Crippen LogP contribution in [0.4, 0.5) is 0 Å². The van der Waals surface area contributed by atoms with E-state index in [0.717, 1.165) is 5.57 Å². The van der Waals surface area contributed by atoms with Crippen LogP contribution in [-0.2, 0) is 13.6 Å². The molecule has 0 amide bonds. The van der Waals surface area contributed by atoms with Gasteiger partial charge in [0, 0.05) is 0 Å². The molecule has 0 N–H and O–H groups in total. The van der Waals surface area contributed by atoms with E-state index in [2.05, 4.69) is 37.0 Å². The Bertz CT molecular complexity index is 444. The summed E-state index contributed by atoms with van der Waals surface area (Å²) in [6, 6.07) is 0. The standard InChI is InChI=1S/C9H16O3P.3C4H9.Sn/c1-6-7-8(2)9(3)13(10,11-4)12-5;3*1-3-4-2;/h1,6-7,9H,2-5H3;3*1,3-4H2,2H3;/b6-1?,8-7+;;;;. The maximum absolute atomic E-state index is 12.6. The van der Waals surface area contributed by atoms with Crippen LogP contribution in [0, 0.1) is 0 Å². The summed E-state index contributed by atoms with van der Waals surface area (Å²) in [6.07, 6.45) is 12.4. The molecule has 5 heteroatoms. The Hall–Kier alpha value is 0.429. The Morgan fingerprint density at radius 2 is 1.38 bits per heavy atom. The zero-order chi connectivity index (χ0) is 20.1. The van der Waals surface area contributed by atoms with Crippen LogP contribution in [0.15, 0.2) is 21.8 Å². The molecular formula is C21H43O3PSn. The average Bonchev–Trinajstić information content (AvgIpc) is 2.67. The second-order valence-electron chi connectivity index (χ2n) is 7.52. The predicted molar refractivity (Wildman–Crippen MR) is 119 cm³/mol. The molecule has 0 aliphatic carbocycles. The minimum absolute atomic E-state index is 0.214. The molecular weight excluding hydrogens is 450 g/mol. The van der Waals surface area contributed by atoms with Gasteiger partial charge in [-0.15, -0.1) is 0 Å². The third-order valence-corrected chi connectivity index (χ3v) is 22.0. The van der Waals surface area contributed by atoms with Crippen LogP contribution in [0.3, 0.4) is 0 Å². The first kappa shape index (κ1) is 26.4. The van der Waals surface area contributed by atoms with Gasteiger partial charge in [0.15, 0.2) is 0 Å². The monoisotopic (exact) mass is 494 g/mol. The van der Waals surface area contributed by atoms with Crippen LogP contribution in [0.2, 0.25) is 13.3 Å². The maximum atomic E-state index is 12.6. The van der Waals surface area contributed by atoms with E-state index in [1.54, 1.807) is 0 Å². The summed E-state index contributed by atoms with van der Waals surface area (Å²) >= 11 is -2.24. The van der Waals surface area contributed by atoms with Gasteiger partial charge >= 0.3 is 168 Å². The summed E-state index contributed by atoms with van der Waals surface area (Å²) in [5.41, 5.74) is 0.851. The summed E-state index contributed by atoms with van der Waals surface area (Å²) in [7, 11) is -0.119. The van der Waals surface area contributed by atoms with Crippen molar-refractivity contribution in [3.8, 4) is 0 Å². The topological polar surface area (TPSA) is 35.5 Å². The Morgan fingerprint density at radius 1 is 0.962 bits per heavy atom. The van der Waals surface area contributed by atoms with Crippen molar-refractivity contribution < 1.29 is 13.6 Å². The van der Waals surface area contributed by atoms with E-state index < -0.39 is 26.0 Å². The number of unbranched alkanes of at least 4 members (excludes halogenated alkanes) is 3. The molecule has 0 fully saturated rings. The van der Waals surface area contributed by atoms with Crippen molar-refractivity contribution in [1.29, 1.82) is 0 Å². The molecule has 0 aliphatic heterocycles. The van der Waals surface area contributed by atoms with E-state index in [-0.39, 0.29) is 5.66 Å². The van der Waals surface area contributed by atoms with Gasteiger partial charge in [-0.05, 0) is 0 Å². The summed E-state index contributed by atoms with van der Waals surface area (Å²) < 4.78 is 29.9. The normalized spacial score (nSPS) is 15.0. The Kier molecular flexibility index (Phi) is 14.7. The van der Waals surface area contributed by atoms with Gasteiger partial charge in [0.25, 0.3) is 0 Å². The Balaban J connectivity index is 5.40. The van der Waals surface area contributed by atoms with Gasteiger partial charge in [-0.3, -0.25) is 0 Å². The molecule has 0 bridgehead atoms. The van der Waals surface area contributed by atoms with Gasteiger partial charge in [0.1, 0.15) is 0 Å². The molecule has 154 valence electrons. The molecule has 0 aliphatic rings. The molecule has 0 heterocycles. The van der Waals surface area contributed by atoms with E-state index in [9.17, 15) is 4.57 Å². The van der Waals surface area contributed by atoms with E-state index in [4.69, 9.17) is 9.05 Å². The van der Waals surface area contributed by atoms with Gasteiger partial charge in [-0.25, -0.2) is 0 Å². The van der Waals surface area contributed by atoms with Gasteiger partial charge < -0.3 is 0 Å². The summed E-state index contributed by atoms with van der Waals surface area (Å²) in [6.45, 7) is 10.9. The molecule has 0 rings (SSSR count). The van der Waals surface area contributed by atoms with Crippen molar-refractivity contribution in [2.45, 2.75) is 92.1 Å². The van der Waals surface area contributed by atoms with Gasteiger partial charge in [0.2, 0.25) is 0 Å². The third-order valence-electron chi connectivity index (χ3n) is 5.54. The van der Waals surface area contributed by atoms with Crippen LogP contribution in [-0.4, -0.2) is 38.3 Å². The van der Waals surface area contributed by atoms with Crippen molar-refractivity contribution in [2.75, 3.05) is 14.2 Å². The van der Waals surface area contributed by atoms with Crippen molar-refractivity contribution in [3.63, 3.8) is 0 Å². The molecule has 0 saturated carbocycles. The first-order valence-corrected chi connectivity index (χ1v) is 19.7. The van der Waals surface area contributed by atoms with Crippen molar-refractivity contribution in [3.05, 3.63) is 21.8 Å². The first-order chi connectivity index (χ1) is 12.3. The van der Waals surface area contributed by atoms with Gasteiger partial charge in [-0.2, -0.15) is 0 Å². The fourth-order valence-electron chi connectivity index (χ4n) is 3.39. The molecule has 0 spiro atoms. The molecule has 0 aromatic carbocycles.